The average molecular weight is 281 g/mol. The number of carbonyl (C=O) groups excluding carboxylic acids is 4. The Morgan fingerprint density at radius 3 is 2.35 bits per heavy atom. The summed E-state index contributed by atoms with van der Waals surface area (Å²) in [5.74, 6) is -0.396. The second-order valence-corrected chi connectivity index (χ2v) is 5.45. The van der Waals surface area contributed by atoms with E-state index in [1.54, 1.807) is 6.92 Å². The van der Waals surface area contributed by atoms with E-state index in [4.69, 9.17) is 0 Å². The van der Waals surface area contributed by atoms with E-state index < -0.39 is 18.0 Å². The van der Waals surface area contributed by atoms with Crippen LogP contribution in [-0.2, 0) is 14.4 Å². The Kier molecular flexibility index (Phi) is 4.36. The van der Waals surface area contributed by atoms with Gasteiger partial charge in [-0.05, 0) is 32.6 Å². The van der Waals surface area contributed by atoms with Gasteiger partial charge in [-0.15, -0.1) is 0 Å². The van der Waals surface area contributed by atoms with Gasteiger partial charge in [0.05, 0.1) is 6.42 Å². The van der Waals surface area contributed by atoms with Crippen LogP contribution in [0.2, 0.25) is 0 Å². The summed E-state index contributed by atoms with van der Waals surface area (Å²) in [5.41, 5.74) is 0. The SMILES string of the molecule is CC(=O)C1CCC(NC(=O)CC2NC(=O)NC2=O)CC1. The molecule has 2 fully saturated rings. The number of hydrogen-bond donors (Lipinski definition) is 3. The lowest BCUT2D eigenvalue weighted by molar-refractivity contribution is -0.127. The summed E-state index contributed by atoms with van der Waals surface area (Å²) in [7, 11) is 0. The van der Waals surface area contributed by atoms with Gasteiger partial charge in [0.2, 0.25) is 5.91 Å². The molecule has 0 aromatic carbocycles. The molecule has 1 atom stereocenters. The van der Waals surface area contributed by atoms with E-state index in [-0.39, 0.29) is 30.1 Å². The molecular formula is C13H19N3O4. The number of amides is 4. The van der Waals surface area contributed by atoms with Gasteiger partial charge < -0.3 is 10.6 Å². The van der Waals surface area contributed by atoms with Crippen molar-refractivity contribution < 1.29 is 19.2 Å². The van der Waals surface area contributed by atoms with Gasteiger partial charge in [0.25, 0.3) is 5.91 Å². The Hall–Kier alpha value is -1.92. The monoisotopic (exact) mass is 281 g/mol. The minimum atomic E-state index is -0.781. The second kappa shape index (κ2) is 6.02. The highest BCUT2D eigenvalue weighted by Gasteiger charge is 2.32. The summed E-state index contributed by atoms with van der Waals surface area (Å²) >= 11 is 0. The van der Waals surface area contributed by atoms with Crippen LogP contribution in [-0.4, -0.2) is 35.7 Å². The second-order valence-electron chi connectivity index (χ2n) is 5.45. The molecule has 0 spiro atoms. The number of hydrogen-bond acceptors (Lipinski definition) is 4. The molecule has 0 aromatic rings. The molecule has 20 heavy (non-hydrogen) atoms. The molecule has 1 aliphatic heterocycles. The van der Waals surface area contributed by atoms with Gasteiger partial charge in [-0.3, -0.25) is 19.7 Å². The maximum absolute atomic E-state index is 11.8. The molecule has 7 nitrogen and oxygen atoms in total. The van der Waals surface area contributed by atoms with Crippen molar-refractivity contribution in [2.45, 2.75) is 51.1 Å². The highest BCUT2D eigenvalue weighted by atomic mass is 16.2. The molecule has 2 aliphatic rings. The fourth-order valence-corrected chi connectivity index (χ4v) is 2.72. The first-order valence-electron chi connectivity index (χ1n) is 6.87. The smallest absolute Gasteiger partial charge is 0.322 e. The van der Waals surface area contributed by atoms with E-state index in [0.717, 1.165) is 25.7 Å². The molecule has 7 heteroatoms. The Balaban J connectivity index is 1.74. The lowest BCUT2D eigenvalue weighted by atomic mass is 9.84. The largest absolute Gasteiger partial charge is 0.353 e. The number of imide groups is 1. The first-order chi connectivity index (χ1) is 9.45. The van der Waals surface area contributed by atoms with Gasteiger partial charge in [0.1, 0.15) is 11.8 Å². The molecule has 1 saturated heterocycles. The Morgan fingerprint density at radius 1 is 1.20 bits per heavy atom. The molecule has 2 rings (SSSR count). The van der Waals surface area contributed by atoms with Crippen LogP contribution in [0.25, 0.3) is 0 Å². The minimum Gasteiger partial charge on any atom is -0.353 e. The third-order valence-electron chi connectivity index (χ3n) is 3.92. The number of nitrogens with one attached hydrogen (secondary N) is 3. The van der Waals surface area contributed by atoms with Crippen LogP contribution in [0.4, 0.5) is 4.79 Å². The molecule has 0 radical (unpaired) electrons. The number of Topliss-reactive ketones (excluding diaryl/α,β-unsaturated/α-hetero) is 1. The predicted octanol–water partition coefficient (Wildman–Crippen LogP) is -0.151. The zero-order valence-electron chi connectivity index (χ0n) is 11.4. The van der Waals surface area contributed by atoms with E-state index in [1.807, 2.05) is 0 Å². The van der Waals surface area contributed by atoms with E-state index in [9.17, 15) is 19.2 Å². The number of rotatable bonds is 4. The van der Waals surface area contributed by atoms with E-state index in [1.165, 1.54) is 0 Å². The first kappa shape index (κ1) is 14.5. The van der Waals surface area contributed by atoms with Crippen molar-refractivity contribution in [2.24, 2.45) is 5.92 Å². The fraction of sp³-hybridized carbons (Fsp3) is 0.692. The quantitative estimate of drug-likeness (QED) is 0.623. The van der Waals surface area contributed by atoms with E-state index >= 15 is 0 Å². The van der Waals surface area contributed by atoms with E-state index in [2.05, 4.69) is 16.0 Å². The molecule has 1 unspecified atom stereocenters. The number of carbonyl (C=O) groups is 4. The lowest BCUT2D eigenvalue weighted by Crippen LogP contribution is -2.42. The summed E-state index contributed by atoms with van der Waals surface area (Å²) in [5, 5.41) is 7.34. The van der Waals surface area contributed by atoms with Crippen molar-refractivity contribution >= 4 is 23.6 Å². The van der Waals surface area contributed by atoms with Crippen LogP contribution < -0.4 is 16.0 Å². The molecular weight excluding hydrogens is 262 g/mol. The van der Waals surface area contributed by atoms with Crippen molar-refractivity contribution in [1.29, 1.82) is 0 Å². The normalized spacial score (nSPS) is 29.6. The van der Waals surface area contributed by atoms with Crippen LogP contribution in [0.5, 0.6) is 0 Å². The fourth-order valence-electron chi connectivity index (χ4n) is 2.72. The molecule has 0 aromatic heterocycles. The number of urea groups is 1. The highest BCUT2D eigenvalue weighted by molar-refractivity contribution is 6.05. The Labute approximate surface area is 116 Å². The molecule has 0 bridgehead atoms. The molecule has 1 aliphatic carbocycles. The topological polar surface area (TPSA) is 104 Å². The summed E-state index contributed by atoms with van der Waals surface area (Å²) in [6.45, 7) is 1.60. The lowest BCUT2D eigenvalue weighted by Gasteiger charge is -2.27. The van der Waals surface area contributed by atoms with Gasteiger partial charge in [-0.2, -0.15) is 0 Å². The zero-order chi connectivity index (χ0) is 14.7. The molecule has 4 amide bonds. The molecule has 110 valence electrons. The van der Waals surface area contributed by atoms with Gasteiger partial charge in [0, 0.05) is 12.0 Å². The third kappa shape index (κ3) is 3.55. The minimum absolute atomic E-state index is 0.0514. The first-order valence-corrected chi connectivity index (χ1v) is 6.87. The Morgan fingerprint density at radius 2 is 1.85 bits per heavy atom. The van der Waals surface area contributed by atoms with Gasteiger partial charge in [0.15, 0.2) is 0 Å². The summed E-state index contributed by atoms with van der Waals surface area (Å²) in [6.07, 6.45) is 3.09. The molecule has 3 N–H and O–H groups in total. The highest BCUT2D eigenvalue weighted by Crippen LogP contribution is 2.24. The maximum atomic E-state index is 11.8. The van der Waals surface area contributed by atoms with Crippen molar-refractivity contribution in [3.05, 3.63) is 0 Å². The van der Waals surface area contributed by atoms with Crippen molar-refractivity contribution in [1.82, 2.24) is 16.0 Å². The summed E-state index contributed by atoms with van der Waals surface area (Å²) < 4.78 is 0. The van der Waals surface area contributed by atoms with Gasteiger partial charge in [-0.1, -0.05) is 0 Å². The van der Waals surface area contributed by atoms with Crippen molar-refractivity contribution in [3.63, 3.8) is 0 Å². The molecule has 1 saturated carbocycles. The zero-order valence-corrected chi connectivity index (χ0v) is 11.4. The van der Waals surface area contributed by atoms with Crippen LogP contribution in [0.3, 0.4) is 0 Å². The third-order valence-corrected chi connectivity index (χ3v) is 3.92. The average Bonchev–Trinajstić information content (AvgIpc) is 2.68. The van der Waals surface area contributed by atoms with Crippen LogP contribution >= 0.6 is 0 Å². The van der Waals surface area contributed by atoms with Gasteiger partial charge in [-0.25, -0.2) is 4.79 Å². The maximum Gasteiger partial charge on any atom is 0.322 e. The summed E-state index contributed by atoms with van der Waals surface area (Å²) in [4.78, 5) is 45.3. The van der Waals surface area contributed by atoms with Crippen LogP contribution in [0, 0.1) is 5.92 Å². The van der Waals surface area contributed by atoms with E-state index in [0.29, 0.717) is 0 Å². The van der Waals surface area contributed by atoms with Gasteiger partial charge >= 0.3 is 6.03 Å². The standard InChI is InChI=1S/C13H19N3O4/c1-7(17)8-2-4-9(5-3-8)14-11(18)6-10-12(19)16-13(20)15-10/h8-10H,2-6H2,1H3,(H,14,18)(H2,15,16,19,20). The summed E-state index contributed by atoms with van der Waals surface area (Å²) in [6, 6.07) is -1.29. The van der Waals surface area contributed by atoms with Crippen molar-refractivity contribution in [3.8, 4) is 0 Å². The number of ketones is 1. The predicted molar refractivity (Wildman–Crippen MR) is 69.6 cm³/mol. The Bertz CT molecular complexity index is 441. The van der Waals surface area contributed by atoms with Crippen LogP contribution in [0.15, 0.2) is 0 Å². The van der Waals surface area contributed by atoms with Crippen molar-refractivity contribution in [2.75, 3.05) is 0 Å². The molecule has 1 heterocycles. The van der Waals surface area contributed by atoms with Crippen LogP contribution in [0.1, 0.15) is 39.0 Å².